The van der Waals surface area contributed by atoms with Crippen molar-refractivity contribution in [1.29, 1.82) is 0 Å². The molecule has 1 aliphatic carbocycles. The maximum Gasteiger partial charge on any atom is 0.269 e. The molecule has 6 aromatic carbocycles. The van der Waals surface area contributed by atoms with E-state index in [9.17, 15) is 0 Å². The van der Waals surface area contributed by atoms with Gasteiger partial charge >= 0.3 is 0 Å². The summed E-state index contributed by atoms with van der Waals surface area (Å²) in [5.74, 6) is 1.36. The number of aromatic nitrogens is 2. The molecule has 1 aliphatic rings. The summed E-state index contributed by atoms with van der Waals surface area (Å²) in [5, 5.41) is 0. The van der Waals surface area contributed by atoms with Gasteiger partial charge in [0.05, 0.1) is 22.4 Å². The Kier molecular flexibility index (Phi) is 8.30. The topological polar surface area (TPSA) is 8.81 Å². The highest BCUT2D eigenvalue weighted by Crippen LogP contribution is 2.50. The average Bonchev–Trinajstić information content (AvgIpc) is 3.52. The Labute approximate surface area is 304 Å². The second-order valence-corrected chi connectivity index (χ2v) is 15.5. The Morgan fingerprint density at radius 2 is 0.804 bits per heavy atom. The van der Waals surface area contributed by atoms with Gasteiger partial charge in [-0.1, -0.05) is 177 Å². The quantitative estimate of drug-likeness (QED) is 0.124. The number of hydrogen-bond acceptors (Lipinski definition) is 0. The van der Waals surface area contributed by atoms with Crippen molar-refractivity contribution in [2.75, 3.05) is 0 Å². The zero-order chi connectivity index (χ0) is 35.6. The SMILES string of the molecule is CC(C)c1cccc(C(C)C)c1-n1[c-][n+](-c2c(C(C)C)cccc2C(C)C)c2ccc3c(c21)-c1ccccc1-c1ccccc1-c1ccccc1-3. The van der Waals surface area contributed by atoms with Gasteiger partial charge < -0.3 is 0 Å². The Morgan fingerprint density at radius 1 is 0.412 bits per heavy atom. The molecule has 0 atom stereocenters. The fourth-order valence-corrected chi connectivity index (χ4v) is 8.40. The molecule has 0 bridgehead atoms. The normalized spacial score (nSPS) is 12.2. The van der Waals surface area contributed by atoms with Gasteiger partial charge in [0.25, 0.3) is 6.33 Å². The van der Waals surface area contributed by atoms with Crippen LogP contribution in [0.4, 0.5) is 0 Å². The minimum Gasteiger partial charge on any atom is -0.291 e. The lowest BCUT2D eigenvalue weighted by molar-refractivity contribution is -0.573. The summed E-state index contributed by atoms with van der Waals surface area (Å²) in [6, 6.07) is 45.4. The number of rotatable bonds is 6. The lowest BCUT2D eigenvalue weighted by Gasteiger charge is -2.25. The second kappa shape index (κ2) is 12.8. The summed E-state index contributed by atoms with van der Waals surface area (Å²) in [4.78, 5) is 0. The van der Waals surface area contributed by atoms with Crippen molar-refractivity contribution in [1.82, 2.24) is 4.57 Å². The molecule has 51 heavy (non-hydrogen) atoms. The van der Waals surface area contributed by atoms with Crippen LogP contribution in [0.2, 0.25) is 0 Å². The Hall–Kier alpha value is -5.21. The van der Waals surface area contributed by atoms with Crippen molar-refractivity contribution in [2.24, 2.45) is 0 Å². The van der Waals surface area contributed by atoms with E-state index < -0.39 is 0 Å². The first-order chi connectivity index (χ1) is 24.7. The lowest BCUT2D eigenvalue weighted by atomic mass is 9.80. The Balaban J connectivity index is 1.64. The number of nitrogens with zero attached hydrogens (tertiary/aromatic N) is 2. The number of para-hydroxylation sites is 2. The van der Waals surface area contributed by atoms with Crippen molar-refractivity contribution in [3.05, 3.63) is 150 Å². The van der Waals surface area contributed by atoms with E-state index in [0.29, 0.717) is 23.7 Å². The van der Waals surface area contributed by atoms with Crippen molar-refractivity contribution in [3.8, 4) is 55.9 Å². The van der Waals surface area contributed by atoms with Gasteiger partial charge in [0.1, 0.15) is 0 Å². The molecular formula is C49H48N2. The molecule has 0 unspecified atom stereocenters. The van der Waals surface area contributed by atoms with Crippen LogP contribution in [0, 0.1) is 6.33 Å². The first-order valence-corrected chi connectivity index (χ1v) is 18.7. The van der Waals surface area contributed by atoms with Gasteiger partial charge in [0.2, 0.25) is 0 Å². The second-order valence-electron chi connectivity index (χ2n) is 15.5. The monoisotopic (exact) mass is 664 g/mol. The van der Waals surface area contributed by atoms with Crippen molar-refractivity contribution >= 4 is 11.0 Å². The van der Waals surface area contributed by atoms with Crippen LogP contribution in [0.1, 0.15) is 101 Å². The predicted octanol–water partition coefficient (Wildman–Crippen LogP) is 13.2. The summed E-state index contributed by atoms with van der Waals surface area (Å²) in [7, 11) is 0. The van der Waals surface area contributed by atoms with Crippen LogP contribution >= 0.6 is 0 Å². The van der Waals surface area contributed by atoms with Gasteiger partial charge in [-0.05, 0) is 90.4 Å². The molecule has 0 radical (unpaired) electrons. The van der Waals surface area contributed by atoms with Crippen molar-refractivity contribution < 1.29 is 4.57 Å². The average molecular weight is 665 g/mol. The summed E-state index contributed by atoms with van der Waals surface area (Å²) in [5.41, 5.74) is 20.3. The first-order valence-electron chi connectivity index (χ1n) is 18.7. The minimum atomic E-state index is 0.331. The van der Waals surface area contributed by atoms with Crippen LogP contribution < -0.4 is 4.57 Å². The van der Waals surface area contributed by atoms with Crippen molar-refractivity contribution in [2.45, 2.75) is 79.1 Å². The van der Waals surface area contributed by atoms with Crippen molar-refractivity contribution in [3.63, 3.8) is 0 Å². The van der Waals surface area contributed by atoms with E-state index in [1.165, 1.54) is 83.7 Å². The standard InChI is InChI=1S/C49H48N2/c1-30(2)34-23-15-24-35(31(3)4)47(34)50-29-51(48-36(32(5)6)25-16-26-37(48)33(7)8)49-45(50)28-27-44-42-21-12-11-19-40(42)38-17-9-10-18-39(38)41-20-13-14-22-43(41)46(44)49/h9-28,30-33H,1-8H3. The third kappa shape index (κ3) is 5.27. The highest BCUT2D eigenvalue weighted by molar-refractivity contribution is 6.10. The summed E-state index contributed by atoms with van der Waals surface area (Å²) in [6.07, 6.45) is 4.10. The van der Waals surface area contributed by atoms with Gasteiger partial charge in [-0.15, -0.1) is 0 Å². The largest absolute Gasteiger partial charge is 0.291 e. The maximum absolute atomic E-state index is 4.10. The van der Waals surface area contributed by atoms with Crippen LogP contribution in [-0.2, 0) is 0 Å². The number of hydrogen-bond donors (Lipinski definition) is 0. The zero-order valence-electron chi connectivity index (χ0n) is 31.3. The molecule has 0 amide bonds. The molecule has 2 nitrogen and oxygen atoms in total. The van der Waals surface area contributed by atoms with Gasteiger partial charge in [-0.3, -0.25) is 9.13 Å². The van der Waals surface area contributed by atoms with Crippen LogP contribution in [0.25, 0.3) is 66.9 Å². The molecular weight excluding hydrogens is 617 g/mol. The van der Waals surface area contributed by atoms with Crippen LogP contribution in [0.5, 0.6) is 0 Å². The zero-order valence-corrected chi connectivity index (χ0v) is 31.3. The maximum atomic E-state index is 4.10. The Morgan fingerprint density at radius 3 is 1.25 bits per heavy atom. The molecule has 0 fully saturated rings. The van der Waals surface area contributed by atoms with E-state index in [-0.39, 0.29) is 0 Å². The van der Waals surface area contributed by atoms with Crippen LogP contribution in [0.3, 0.4) is 0 Å². The molecule has 2 heteroatoms. The number of fused-ring (bicyclic) bond motifs is 10. The van der Waals surface area contributed by atoms with Crippen LogP contribution in [-0.4, -0.2) is 4.57 Å². The predicted molar refractivity (Wildman–Crippen MR) is 215 cm³/mol. The minimum absolute atomic E-state index is 0.331. The summed E-state index contributed by atoms with van der Waals surface area (Å²) in [6.45, 7) is 18.5. The van der Waals surface area contributed by atoms with E-state index in [2.05, 4.69) is 192 Å². The molecule has 0 N–H and O–H groups in total. The summed E-state index contributed by atoms with van der Waals surface area (Å²) >= 11 is 0. The molecule has 254 valence electrons. The van der Waals surface area contributed by atoms with Crippen LogP contribution in [0.15, 0.2) is 121 Å². The fraction of sp³-hybridized carbons (Fsp3) is 0.245. The highest BCUT2D eigenvalue weighted by atomic mass is 15.1. The fourth-order valence-electron chi connectivity index (χ4n) is 8.40. The molecule has 1 aromatic heterocycles. The van der Waals surface area contributed by atoms with Gasteiger partial charge in [-0.2, -0.15) is 0 Å². The van der Waals surface area contributed by atoms with E-state index >= 15 is 0 Å². The molecule has 0 saturated heterocycles. The molecule has 0 aliphatic heterocycles. The molecule has 0 spiro atoms. The van der Waals surface area contributed by atoms with Gasteiger partial charge in [0.15, 0.2) is 0 Å². The lowest BCUT2D eigenvalue weighted by Crippen LogP contribution is -2.33. The number of benzene rings is 6. The highest BCUT2D eigenvalue weighted by Gasteiger charge is 2.29. The van der Waals surface area contributed by atoms with E-state index in [1.54, 1.807) is 0 Å². The third-order valence-corrected chi connectivity index (χ3v) is 10.9. The smallest absolute Gasteiger partial charge is 0.269 e. The van der Waals surface area contributed by atoms with E-state index in [0.717, 1.165) is 5.52 Å². The van der Waals surface area contributed by atoms with E-state index in [4.69, 9.17) is 0 Å². The molecule has 0 saturated carbocycles. The number of imidazole rings is 1. The first kappa shape index (κ1) is 33.0. The molecule has 8 rings (SSSR count). The van der Waals surface area contributed by atoms with Gasteiger partial charge in [0, 0.05) is 0 Å². The van der Waals surface area contributed by atoms with E-state index in [1.807, 2.05) is 0 Å². The Bertz CT molecular complexity index is 2380. The third-order valence-electron chi connectivity index (χ3n) is 10.9. The van der Waals surface area contributed by atoms with Gasteiger partial charge in [-0.25, -0.2) is 0 Å². The molecule has 1 heterocycles. The molecule has 7 aromatic rings. The summed E-state index contributed by atoms with van der Waals surface area (Å²) < 4.78 is 4.86.